The van der Waals surface area contributed by atoms with Gasteiger partial charge >= 0.3 is 0 Å². The summed E-state index contributed by atoms with van der Waals surface area (Å²) in [5.74, 6) is 4.58. The average Bonchev–Trinajstić information content (AvgIpc) is 3.11. The lowest BCUT2D eigenvalue weighted by Crippen LogP contribution is -2.36. The predicted octanol–water partition coefficient (Wildman–Crippen LogP) is 4.32. The minimum atomic E-state index is 0.595. The normalized spacial score (nSPS) is 31.5. The van der Waals surface area contributed by atoms with Crippen molar-refractivity contribution in [2.24, 2.45) is 17.3 Å². The van der Waals surface area contributed by atoms with Crippen LogP contribution in [-0.2, 0) is 0 Å². The Morgan fingerprint density at radius 2 is 1.94 bits per heavy atom. The molecule has 0 aromatic carbocycles. The highest BCUT2D eigenvalue weighted by atomic mass is 32.2. The van der Waals surface area contributed by atoms with Crippen LogP contribution in [0.1, 0.15) is 59.3 Å². The first-order valence-electron chi connectivity index (χ1n) is 7.92. The Balaban J connectivity index is 1.79. The maximum absolute atomic E-state index is 3.77. The SMILES string of the molecule is CCSCCC1CC(C)(C)CCC1CNC1CC1. The van der Waals surface area contributed by atoms with Crippen LogP contribution in [0.2, 0.25) is 0 Å². The Bertz CT molecular complexity index is 245. The molecule has 1 N–H and O–H groups in total. The van der Waals surface area contributed by atoms with E-state index in [1.807, 2.05) is 0 Å². The summed E-state index contributed by atoms with van der Waals surface area (Å²) >= 11 is 2.12. The van der Waals surface area contributed by atoms with Gasteiger partial charge in [0, 0.05) is 6.04 Å². The van der Waals surface area contributed by atoms with E-state index in [1.54, 1.807) is 0 Å². The Morgan fingerprint density at radius 1 is 1.17 bits per heavy atom. The highest BCUT2D eigenvalue weighted by molar-refractivity contribution is 7.99. The Hall–Kier alpha value is 0.310. The highest BCUT2D eigenvalue weighted by Gasteiger charge is 2.35. The molecule has 0 heterocycles. The molecule has 2 rings (SSSR count). The molecule has 2 heteroatoms. The molecule has 0 aliphatic heterocycles. The van der Waals surface area contributed by atoms with Crippen LogP contribution >= 0.6 is 11.8 Å². The van der Waals surface area contributed by atoms with Crippen LogP contribution in [0.5, 0.6) is 0 Å². The fourth-order valence-electron chi connectivity index (χ4n) is 3.38. The van der Waals surface area contributed by atoms with E-state index < -0.39 is 0 Å². The highest BCUT2D eigenvalue weighted by Crippen LogP contribution is 2.43. The molecule has 0 amide bonds. The monoisotopic (exact) mass is 269 g/mol. The third kappa shape index (κ3) is 4.77. The maximum atomic E-state index is 3.77. The Labute approximate surface area is 118 Å². The molecule has 1 nitrogen and oxygen atoms in total. The van der Waals surface area contributed by atoms with Gasteiger partial charge in [0.25, 0.3) is 0 Å². The van der Waals surface area contributed by atoms with Crippen molar-refractivity contribution in [3.8, 4) is 0 Å². The summed E-state index contributed by atoms with van der Waals surface area (Å²) in [4.78, 5) is 0. The topological polar surface area (TPSA) is 12.0 Å². The van der Waals surface area contributed by atoms with E-state index in [4.69, 9.17) is 0 Å². The summed E-state index contributed by atoms with van der Waals surface area (Å²) < 4.78 is 0. The third-order valence-electron chi connectivity index (χ3n) is 4.76. The summed E-state index contributed by atoms with van der Waals surface area (Å²) in [6, 6.07) is 0.880. The van der Waals surface area contributed by atoms with Crippen molar-refractivity contribution in [1.82, 2.24) is 5.32 Å². The van der Waals surface area contributed by atoms with E-state index in [0.717, 1.165) is 17.9 Å². The summed E-state index contributed by atoms with van der Waals surface area (Å²) in [5.41, 5.74) is 0.595. The predicted molar refractivity (Wildman–Crippen MR) is 83.3 cm³/mol. The fraction of sp³-hybridized carbons (Fsp3) is 1.00. The number of hydrogen-bond donors (Lipinski definition) is 1. The zero-order chi connectivity index (χ0) is 13.0. The van der Waals surface area contributed by atoms with Gasteiger partial charge in [0.2, 0.25) is 0 Å². The van der Waals surface area contributed by atoms with Crippen molar-refractivity contribution in [2.75, 3.05) is 18.1 Å². The molecule has 2 aliphatic carbocycles. The Morgan fingerprint density at radius 3 is 2.61 bits per heavy atom. The van der Waals surface area contributed by atoms with Gasteiger partial charge in [-0.1, -0.05) is 20.8 Å². The molecule has 0 aromatic heterocycles. The van der Waals surface area contributed by atoms with Crippen molar-refractivity contribution >= 4 is 11.8 Å². The molecule has 2 fully saturated rings. The van der Waals surface area contributed by atoms with Gasteiger partial charge in [-0.2, -0.15) is 11.8 Å². The molecule has 2 unspecified atom stereocenters. The first-order chi connectivity index (χ1) is 8.61. The first kappa shape index (κ1) is 14.7. The van der Waals surface area contributed by atoms with Crippen molar-refractivity contribution < 1.29 is 0 Å². The maximum Gasteiger partial charge on any atom is 0.00683 e. The number of rotatable bonds is 7. The molecule has 106 valence electrons. The van der Waals surface area contributed by atoms with Gasteiger partial charge in [-0.3, -0.25) is 0 Å². The van der Waals surface area contributed by atoms with Crippen molar-refractivity contribution in [3.63, 3.8) is 0 Å². The lowest BCUT2D eigenvalue weighted by molar-refractivity contribution is 0.114. The Kier molecular flexibility index (Phi) is 5.44. The second-order valence-corrected chi connectivity index (χ2v) is 8.49. The van der Waals surface area contributed by atoms with Crippen LogP contribution in [0.25, 0.3) is 0 Å². The van der Waals surface area contributed by atoms with Gasteiger partial charge in [-0.25, -0.2) is 0 Å². The van der Waals surface area contributed by atoms with Gasteiger partial charge < -0.3 is 5.32 Å². The standard InChI is InChI=1S/C16H31NS/c1-4-18-10-8-13-11-16(2,3)9-7-14(13)12-17-15-5-6-15/h13-15,17H,4-12H2,1-3H3. The minimum Gasteiger partial charge on any atom is -0.314 e. The molecule has 0 radical (unpaired) electrons. The summed E-state index contributed by atoms with van der Waals surface area (Å²) in [7, 11) is 0. The second kappa shape index (κ2) is 6.65. The lowest BCUT2D eigenvalue weighted by atomic mass is 9.66. The molecular weight excluding hydrogens is 238 g/mol. The smallest absolute Gasteiger partial charge is 0.00683 e. The van der Waals surface area contributed by atoms with Gasteiger partial charge in [0.1, 0.15) is 0 Å². The number of thioether (sulfide) groups is 1. The van der Waals surface area contributed by atoms with Crippen LogP contribution in [0.3, 0.4) is 0 Å². The molecular formula is C16H31NS. The number of hydrogen-bond acceptors (Lipinski definition) is 2. The molecule has 0 spiro atoms. The van der Waals surface area contributed by atoms with E-state index in [9.17, 15) is 0 Å². The first-order valence-corrected chi connectivity index (χ1v) is 9.07. The van der Waals surface area contributed by atoms with Crippen LogP contribution in [0.15, 0.2) is 0 Å². The lowest BCUT2D eigenvalue weighted by Gasteiger charge is -2.41. The third-order valence-corrected chi connectivity index (χ3v) is 5.69. The molecule has 2 aliphatic rings. The molecule has 0 aromatic rings. The van der Waals surface area contributed by atoms with E-state index >= 15 is 0 Å². The van der Waals surface area contributed by atoms with Crippen molar-refractivity contribution in [1.29, 1.82) is 0 Å². The van der Waals surface area contributed by atoms with Gasteiger partial charge in [-0.05, 0) is 73.8 Å². The molecule has 0 saturated heterocycles. The zero-order valence-corrected chi connectivity index (χ0v) is 13.3. The van der Waals surface area contributed by atoms with Crippen LogP contribution in [0.4, 0.5) is 0 Å². The van der Waals surface area contributed by atoms with Gasteiger partial charge in [-0.15, -0.1) is 0 Å². The summed E-state index contributed by atoms with van der Waals surface area (Å²) in [6.07, 6.45) is 8.63. The van der Waals surface area contributed by atoms with E-state index in [2.05, 4.69) is 37.8 Å². The summed E-state index contributed by atoms with van der Waals surface area (Å²) in [6.45, 7) is 8.51. The van der Waals surface area contributed by atoms with Crippen LogP contribution < -0.4 is 5.32 Å². The van der Waals surface area contributed by atoms with Crippen LogP contribution in [0, 0.1) is 17.3 Å². The minimum absolute atomic E-state index is 0.595. The zero-order valence-electron chi connectivity index (χ0n) is 12.5. The van der Waals surface area contributed by atoms with E-state index in [1.165, 1.54) is 56.6 Å². The molecule has 2 saturated carbocycles. The van der Waals surface area contributed by atoms with Crippen molar-refractivity contribution in [2.45, 2.75) is 65.3 Å². The van der Waals surface area contributed by atoms with Crippen LogP contribution in [-0.4, -0.2) is 24.1 Å². The second-order valence-electron chi connectivity index (χ2n) is 7.10. The van der Waals surface area contributed by atoms with E-state index in [-0.39, 0.29) is 0 Å². The quantitative estimate of drug-likeness (QED) is 0.691. The molecule has 0 bridgehead atoms. The van der Waals surface area contributed by atoms with E-state index in [0.29, 0.717) is 5.41 Å². The average molecular weight is 269 g/mol. The largest absolute Gasteiger partial charge is 0.314 e. The molecule has 2 atom stereocenters. The molecule has 18 heavy (non-hydrogen) atoms. The fourth-order valence-corrected chi connectivity index (χ4v) is 4.14. The van der Waals surface area contributed by atoms with Crippen molar-refractivity contribution in [3.05, 3.63) is 0 Å². The number of nitrogens with one attached hydrogen (secondary N) is 1. The summed E-state index contributed by atoms with van der Waals surface area (Å²) in [5, 5.41) is 3.77. The van der Waals surface area contributed by atoms with Gasteiger partial charge in [0.15, 0.2) is 0 Å². The van der Waals surface area contributed by atoms with Gasteiger partial charge in [0.05, 0.1) is 0 Å².